The highest BCUT2D eigenvalue weighted by molar-refractivity contribution is 9.10. The zero-order valence-corrected chi connectivity index (χ0v) is 12.3. The lowest BCUT2D eigenvalue weighted by atomic mass is 10.3. The van der Waals surface area contributed by atoms with Crippen LogP contribution < -0.4 is 10.6 Å². The van der Waals surface area contributed by atoms with Gasteiger partial charge in [-0.3, -0.25) is 10.4 Å². The number of aromatic nitrogens is 1. The molecule has 6 heteroatoms. The summed E-state index contributed by atoms with van der Waals surface area (Å²) in [5.41, 5.74) is 6.88. The minimum Gasteiger partial charge on any atom is -0.382 e. The second-order valence-corrected chi connectivity index (χ2v) is 5.81. The maximum Gasteiger partial charge on any atom is 0.141 e. The highest BCUT2D eigenvalue weighted by atomic mass is 79.9. The second kappa shape index (κ2) is 5.49. The van der Waals surface area contributed by atoms with Gasteiger partial charge >= 0.3 is 0 Å². The van der Waals surface area contributed by atoms with Gasteiger partial charge in [0.15, 0.2) is 0 Å². The van der Waals surface area contributed by atoms with Crippen molar-refractivity contribution >= 4 is 38.8 Å². The first kappa shape index (κ1) is 13.0. The molecule has 2 rings (SSSR count). The standard InChI is InChI=1S/C12H13BrN4S/c1-17(6-10-4-8(13)7-18-10)9-2-3-11(12(14)15)16-5-9/h2-5,7H,6H2,1H3,(H3,14,15). The number of amidine groups is 1. The summed E-state index contributed by atoms with van der Waals surface area (Å²) in [6, 6.07) is 5.80. The molecule has 2 heterocycles. The van der Waals surface area contributed by atoms with E-state index in [-0.39, 0.29) is 5.84 Å². The summed E-state index contributed by atoms with van der Waals surface area (Å²) in [5.74, 6) is -0.00797. The van der Waals surface area contributed by atoms with E-state index in [1.165, 1.54) is 4.88 Å². The Bertz CT molecular complexity index is 549. The van der Waals surface area contributed by atoms with Crippen molar-refractivity contribution in [3.05, 3.63) is 44.8 Å². The summed E-state index contributed by atoms with van der Waals surface area (Å²) in [6.07, 6.45) is 1.74. The van der Waals surface area contributed by atoms with Gasteiger partial charge in [0, 0.05) is 21.8 Å². The third kappa shape index (κ3) is 3.08. The number of halogens is 1. The quantitative estimate of drug-likeness (QED) is 0.671. The monoisotopic (exact) mass is 324 g/mol. The lowest BCUT2D eigenvalue weighted by Crippen LogP contribution is -2.17. The Hall–Kier alpha value is -1.40. The smallest absolute Gasteiger partial charge is 0.141 e. The Morgan fingerprint density at radius 3 is 2.83 bits per heavy atom. The molecule has 0 aliphatic heterocycles. The van der Waals surface area contributed by atoms with E-state index in [4.69, 9.17) is 11.1 Å². The minimum atomic E-state index is -0.00797. The van der Waals surface area contributed by atoms with E-state index in [2.05, 4.69) is 37.3 Å². The van der Waals surface area contributed by atoms with Crippen LogP contribution in [-0.2, 0) is 6.54 Å². The lowest BCUT2D eigenvalue weighted by molar-refractivity contribution is 0.933. The van der Waals surface area contributed by atoms with Crippen molar-refractivity contribution in [1.29, 1.82) is 5.41 Å². The fourth-order valence-electron chi connectivity index (χ4n) is 1.53. The number of nitrogen functional groups attached to an aromatic ring is 1. The molecule has 0 saturated carbocycles. The highest BCUT2D eigenvalue weighted by Gasteiger charge is 2.05. The van der Waals surface area contributed by atoms with Gasteiger partial charge in [-0.1, -0.05) is 0 Å². The van der Waals surface area contributed by atoms with Gasteiger partial charge in [0.25, 0.3) is 0 Å². The third-order valence-electron chi connectivity index (χ3n) is 2.48. The number of nitrogens with two attached hydrogens (primary N) is 1. The average Bonchev–Trinajstić information content (AvgIpc) is 2.75. The second-order valence-electron chi connectivity index (χ2n) is 3.90. The summed E-state index contributed by atoms with van der Waals surface area (Å²) < 4.78 is 1.11. The number of hydrogen-bond acceptors (Lipinski definition) is 4. The first-order valence-electron chi connectivity index (χ1n) is 5.31. The Morgan fingerprint density at radius 1 is 1.56 bits per heavy atom. The Morgan fingerprint density at radius 2 is 2.33 bits per heavy atom. The van der Waals surface area contributed by atoms with Crippen LogP contribution in [0.25, 0.3) is 0 Å². The predicted octanol–water partition coefficient (Wildman–Crippen LogP) is 2.83. The third-order valence-corrected chi connectivity index (χ3v) is 4.16. The molecule has 0 spiro atoms. The van der Waals surface area contributed by atoms with Crippen molar-refractivity contribution in [1.82, 2.24) is 4.98 Å². The van der Waals surface area contributed by atoms with E-state index >= 15 is 0 Å². The van der Waals surface area contributed by atoms with Gasteiger partial charge in [0.05, 0.1) is 18.4 Å². The molecule has 3 N–H and O–H groups in total. The van der Waals surface area contributed by atoms with Crippen molar-refractivity contribution in [2.24, 2.45) is 5.73 Å². The van der Waals surface area contributed by atoms with Crippen molar-refractivity contribution in [2.75, 3.05) is 11.9 Å². The van der Waals surface area contributed by atoms with Crippen molar-refractivity contribution < 1.29 is 0 Å². The van der Waals surface area contributed by atoms with Crippen LogP contribution in [0.5, 0.6) is 0 Å². The van der Waals surface area contributed by atoms with Crippen LogP contribution in [0, 0.1) is 5.41 Å². The topological polar surface area (TPSA) is 66.0 Å². The van der Waals surface area contributed by atoms with Crippen LogP contribution in [0.2, 0.25) is 0 Å². The fourth-order valence-corrected chi connectivity index (χ4v) is 3.04. The number of rotatable bonds is 4. The van der Waals surface area contributed by atoms with Crippen LogP contribution >= 0.6 is 27.3 Å². The first-order valence-corrected chi connectivity index (χ1v) is 6.98. The largest absolute Gasteiger partial charge is 0.382 e. The summed E-state index contributed by atoms with van der Waals surface area (Å²) in [5, 5.41) is 9.36. The number of nitrogens with one attached hydrogen (secondary N) is 1. The average molecular weight is 325 g/mol. The maximum atomic E-state index is 7.29. The zero-order chi connectivity index (χ0) is 13.1. The van der Waals surface area contributed by atoms with Crippen LogP contribution in [-0.4, -0.2) is 17.9 Å². The Kier molecular flexibility index (Phi) is 3.98. The minimum absolute atomic E-state index is 0.00797. The van der Waals surface area contributed by atoms with Gasteiger partial charge in [-0.2, -0.15) is 0 Å². The van der Waals surface area contributed by atoms with E-state index in [1.807, 2.05) is 13.1 Å². The molecule has 0 aromatic carbocycles. The van der Waals surface area contributed by atoms with E-state index < -0.39 is 0 Å². The molecule has 0 radical (unpaired) electrons. The van der Waals surface area contributed by atoms with Gasteiger partial charge in [0.1, 0.15) is 11.5 Å². The van der Waals surface area contributed by atoms with E-state index in [0.717, 1.165) is 16.7 Å². The molecule has 0 aliphatic rings. The molecule has 0 aliphatic carbocycles. The summed E-state index contributed by atoms with van der Waals surface area (Å²) >= 11 is 5.16. The van der Waals surface area contributed by atoms with Crippen molar-refractivity contribution in [3.63, 3.8) is 0 Å². The maximum absolute atomic E-state index is 7.29. The number of pyridine rings is 1. The fraction of sp³-hybridized carbons (Fsp3) is 0.167. The van der Waals surface area contributed by atoms with Crippen LogP contribution in [0.4, 0.5) is 5.69 Å². The molecule has 0 atom stereocenters. The molecule has 4 nitrogen and oxygen atoms in total. The Balaban J connectivity index is 2.09. The van der Waals surface area contributed by atoms with Crippen LogP contribution in [0.15, 0.2) is 34.2 Å². The summed E-state index contributed by atoms with van der Waals surface area (Å²) in [6.45, 7) is 0.831. The number of anilines is 1. The number of thiophene rings is 1. The van der Waals surface area contributed by atoms with Gasteiger partial charge in [0.2, 0.25) is 0 Å². The van der Waals surface area contributed by atoms with Crippen LogP contribution in [0.1, 0.15) is 10.6 Å². The summed E-state index contributed by atoms with van der Waals surface area (Å²) in [4.78, 5) is 7.53. The van der Waals surface area contributed by atoms with Gasteiger partial charge in [-0.25, -0.2) is 0 Å². The van der Waals surface area contributed by atoms with Gasteiger partial charge < -0.3 is 10.6 Å². The molecule has 0 bridgehead atoms. The molecule has 94 valence electrons. The van der Waals surface area contributed by atoms with E-state index in [0.29, 0.717) is 5.69 Å². The zero-order valence-electron chi connectivity index (χ0n) is 9.85. The number of nitrogens with zero attached hydrogens (tertiary/aromatic N) is 2. The molecule has 18 heavy (non-hydrogen) atoms. The normalized spacial score (nSPS) is 10.3. The van der Waals surface area contributed by atoms with E-state index in [1.54, 1.807) is 23.6 Å². The molecule has 0 unspecified atom stereocenters. The highest BCUT2D eigenvalue weighted by Crippen LogP contribution is 2.22. The molecule has 2 aromatic rings. The predicted molar refractivity (Wildman–Crippen MR) is 79.4 cm³/mol. The SMILES string of the molecule is CN(Cc1cc(Br)cs1)c1ccc(C(=N)N)nc1. The molecule has 0 saturated heterocycles. The summed E-state index contributed by atoms with van der Waals surface area (Å²) in [7, 11) is 2.01. The van der Waals surface area contributed by atoms with Crippen LogP contribution in [0.3, 0.4) is 0 Å². The Labute approximate surface area is 118 Å². The van der Waals surface area contributed by atoms with E-state index in [9.17, 15) is 0 Å². The number of hydrogen-bond donors (Lipinski definition) is 2. The van der Waals surface area contributed by atoms with Crippen molar-refractivity contribution in [3.8, 4) is 0 Å². The molecule has 0 amide bonds. The first-order chi connectivity index (χ1) is 8.56. The molecular weight excluding hydrogens is 312 g/mol. The van der Waals surface area contributed by atoms with Gasteiger partial charge in [-0.05, 0) is 34.1 Å². The lowest BCUT2D eigenvalue weighted by Gasteiger charge is -2.18. The molecule has 2 aromatic heterocycles. The van der Waals surface area contributed by atoms with Crippen molar-refractivity contribution in [2.45, 2.75) is 6.54 Å². The molecular formula is C12H13BrN4S. The molecule has 0 fully saturated rings. The van der Waals surface area contributed by atoms with Gasteiger partial charge in [-0.15, -0.1) is 11.3 Å².